The quantitative estimate of drug-likeness (QED) is 0.438. The Labute approximate surface area is 223 Å². The van der Waals surface area contributed by atoms with Crippen molar-refractivity contribution in [2.45, 2.75) is 90.3 Å². The summed E-state index contributed by atoms with van der Waals surface area (Å²) in [6.45, 7) is 8.74. The molecule has 208 valence electrons. The lowest BCUT2D eigenvalue weighted by Gasteiger charge is -2.36. The lowest BCUT2D eigenvalue weighted by atomic mass is 9.83. The molecule has 0 bridgehead atoms. The fourth-order valence-electron chi connectivity index (χ4n) is 6.18. The summed E-state index contributed by atoms with van der Waals surface area (Å²) in [5.74, 6) is 1.43. The Morgan fingerprint density at radius 2 is 1.86 bits per heavy atom. The summed E-state index contributed by atoms with van der Waals surface area (Å²) in [7, 11) is 1.72. The molecule has 2 N–H and O–H groups in total. The molecule has 0 aromatic rings. The van der Waals surface area contributed by atoms with Crippen LogP contribution >= 0.6 is 0 Å². The summed E-state index contributed by atoms with van der Waals surface area (Å²) in [5, 5.41) is 6.71. The molecule has 5 atom stereocenters. The van der Waals surface area contributed by atoms with E-state index >= 15 is 0 Å². The second-order valence-corrected chi connectivity index (χ2v) is 11.7. The molecule has 1 saturated heterocycles. The minimum absolute atomic E-state index is 0.0485. The average Bonchev–Trinajstić information content (AvgIpc) is 3.76. The van der Waals surface area contributed by atoms with Crippen molar-refractivity contribution in [2.24, 2.45) is 34.6 Å². The number of ether oxygens (including phenoxy) is 2. The van der Waals surface area contributed by atoms with Gasteiger partial charge in [0.05, 0.1) is 30.6 Å². The maximum Gasteiger partial charge on any atom is 0.232 e. The van der Waals surface area contributed by atoms with Gasteiger partial charge in [-0.15, -0.1) is 0 Å². The summed E-state index contributed by atoms with van der Waals surface area (Å²) >= 11 is 0. The molecule has 0 spiro atoms. The van der Waals surface area contributed by atoms with Gasteiger partial charge in [-0.25, -0.2) is 4.99 Å². The number of hydrogen-bond donors (Lipinski definition) is 2. The molecule has 2 saturated carbocycles. The largest absolute Gasteiger partial charge is 0.380 e. The number of carbonyl (C=O) groups excluding carboxylic acids is 2. The maximum absolute atomic E-state index is 13.8. The zero-order valence-electron chi connectivity index (χ0n) is 23.3. The maximum atomic E-state index is 13.8. The van der Waals surface area contributed by atoms with Crippen LogP contribution in [0.3, 0.4) is 0 Å². The normalized spacial score (nSPS) is 29.6. The predicted molar refractivity (Wildman–Crippen MR) is 145 cm³/mol. The first-order valence-electron chi connectivity index (χ1n) is 14.6. The van der Waals surface area contributed by atoms with Gasteiger partial charge in [-0.3, -0.25) is 14.5 Å². The number of carbonyl (C=O) groups is 2. The molecular weight excluding hydrogens is 468 g/mol. The number of piperidine rings is 1. The fraction of sp³-hybridized carbons (Fsp3) is 0.828. The van der Waals surface area contributed by atoms with Crippen molar-refractivity contribution in [2.75, 3.05) is 33.4 Å². The summed E-state index contributed by atoms with van der Waals surface area (Å²) in [6, 6.07) is 0.244. The third kappa shape index (κ3) is 7.21. The molecule has 8 heteroatoms. The monoisotopic (exact) mass is 516 g/mol. The van der Waals surface area contributed by atoms with Crippen molar-refractivity contribution >= 4 is 18.0 Å². The molecule has 2 unspecified atom stereocenters. The van der Waals surface area contributed by atoms with Gasteiger partial charge in [0.15, 0.2) is 0 Å². The van der Waals surface area contributed by atoms with E-state index in [1.807, 2.05) is 24.1 Å². The molecule has 3 fully saturated rings. The Balaban J connectivity index is 1.41. The first kappa shape index (κ1) is 28.2. The van der Waals surface area contributed by atoms with E-state index in [9.17, 15) is 9.59 Å². The van der Waals surface area contributed by atoms with Crippen LogP contribution < -0.4 is 10.6 Å². The molecule has 0 aromatic carbocycles. The third-order valence-corrected chi connectivity index (χ3v) is 8.63. The molecule has 8 nitrogen and oxygen atoms in total. The van der Waals surface area contributed by atoms with Crippen LogP contribution in [0.4, 0.5) is 0 Å². The summed E-state index contributed by atoms with van der Waals surface area (Å²) in [6.07, 6.45) is 12.5. The van der Waals surface area contributed by atoms with Crippen LogP contribution in [0.5, 0.6) is 0 Å². The molecule has 37 heavy (non-hydrogen) atoms. The molecule has 2 amide bonds. The topological polar surface area (TPSA) is 92.3 Å². The lowest BCUT2D eigenvalue weighted by Crippen LogP contribution is -2.52. The first-order chi connectivity index (χ1) is 17.9. The Morgan fingerprint density at radius 1 is 1.14 bits per heavy atom. The van der Waals surface area contributed by atoms with Crippen LogP contribution in [0, 0.1) is 29.6 Å². The van der Waals surface area contributed by atoms with Crippen LogP contribution in [0.15, 0.2) is 16.9 Å². The van der Waals surface area contributed by atoms with Crippen LogP contribution in [0.1, 0.15) is 72.1 Å². The standard InChI is InChI=1S/C29H48N4O4/c1-5-37-18-25(20-9-7-6-8-10-20)32-28(34)21-13-22(16-30-15-21)29(35)33(23-11-12-23)27-14-26(36-4)24(17-31-27)19(2)3/h14,17,19-26,30H,5-13,15-16,18H2,1-4H3,(H,32,34)/t21-,22+,24?,25+,26?/m0/s1. The van der Waals surface area contributed by atoms with Crippen molar-refractivity contribution in [3.05, 3.63) is 11.9 Å². The number of methoxy groups -OCH3 is 1. The van der Waals surface area contributed by atoms with Gasteiger partial charge in [0, 0.05) is 45.0 Å². The molecule has 4 aliphatic rings. The zero-order chi connectivity index (χ0) is 26.4. The van der Waals surface area contributed by atoms with Crippen molar-refractivity contribution < 1.29 is 19.1 Å². The Morgan fingerprint density at radius 3 is 2.51 bits per heavy atom. The molecular formula is C29H48N4O4. The Kier molecular flexibility index (Phi) is 10.2. The van der Waals surface area contributed by atoms with E-state index in [4.69, 9.17) is 14.5 Å². The van der Waals surface area contributed by atoms with Crippen molar-refractivity contribution in [1.82, 2.24) is 15.5 Å². The first-order valence-corrected chi connectivity index (χ1v) is 14.6. The van der Waals surface area contributed by atoms with E-state index in [2.05, 4.69) is 24.5 Å². The number of amides is 2. The lowest BCUT2D eigenvalue weighted by molar-refractivity contribution is -0.136. The number of hydrogen-bond acceptors (Lipinski definition) is 6. The van der Waals surface area contributed by atoms with Crippen molar-refractivity contribution in [3.63, 3.8) is 0 Å². The van der Waals surface area contributed by atoms with Crippen LogP contribution in [0.2, 0.25) is 0 Å². The number of nitrogens with zero attached hydrogens (tertiary/aromatic N) is 2. The van der Waals surface area contributed by atoms with E-state index < -0.39 is 0 Å². The van der Waals surface area contributed by atoms with Gasteiger partial charge in [0.2, 0.25) is 11.8 Å². The summed E-state index contributed by atoms with van der Waals surface area (Å²) < 4.78 is 11.5. The highest BCUT2D eigenvalue weighted by Crippen LogP contribution is 2.36. The fourth-order valence-corrected chi connectivity index (χ4v) is 6.18. The number of aliphatic imine (C=N–C) groups is 1. The predicted octanol–water partition coefficient (Wildman–Crippen LogP) is 3.52. The zero-order valence-corrected chi connectivity index (χ0v) is 23.3. The van der Waals surface area contributed by atoms with Crippen molar-refractivity contribution in [1.29, 1.82) is 0 Å². The number of nitrogens with one attached hydrogen (secondary N) is 2. The highest BCUT2D eigenvalue weighted by Gasteiger charge is 2.42. The van der Waals surface area contributed by atoms with Gasteiger partial charge >= 0.3 is 0 Å². The third-order valence-electron chi connectivity index (χ3n) is 8.63. The molecule has 4 rings (SSSR count). The molecule has 2 aliphatic heterocycles. The van der Waals surface area contributed by atoms with Gasteiger partial charge < -0.3 is 20.1 Å². The molecule has 0 aromatic heterocycles. The molecule has 0 radical (unpaired) electrons. The Bertz CT molecular complexity index is 834. The van der Waals surface area contributed by atoms with Gasteiger partial charge in [0.1, 0.15) is 5.82 Å². The van der Waals surface area contributed by atoms with Crippen molar-refractivity contribution in [3.8, 4) is 0 Å². The number of rotatable bonds is 11. The summed E-state index contributed by atoms with van der Waals surface area (Å²) in [5.41, 5.74) is 0. The van der Waals surface area contributed by atoms with E-state index in [-0.39, 0.29) is 47.8 Å². The minimum Gasteiger partial charge on any atom is -0.380 e. The van der Waals surface area contributed by atoms with Gasteiger partial charge in [-0.1, -0.05) is 33.1 Å². The molecule has 2 heterocycles. The van der Waals surface area contributed by atoms with E-state index in [1.165, 1.54) is 19.3 Å². The summed E-state index contributed by atoms with van der Waals surface area (Å²) in [4.78, 5) is 33.9. The highest BCUT2D eigenvalue weighted by atomic mass is 16.5. The molecule has 2 aliphatic carbocycles. The van der Waals surface area contributed by atoms with Gasteiger partial charge in [-0.05, 0) is 56.9 Å². The SMILES string of the molecule is CCOC[C@@H](NC(=O)[C@@H]1CNC[C@H](C(=O)N(C2=CC(OC)C(C(C)C)C=N2)C2CC2)C1)C1CCCCC1. The van der Waals surface area contributed by atoms with E-state index in [1.54, 1.807) is 7.11 Å². The van der Waals surface area contributed by atoms with Gasteiger partial charge in [-0.2, -0.15) is 0 Å². The average molecular weight is 517 g/mol. The Hall–Kier alpha value is -1.77. The van der Waals surface area contributed by atoms with Crippen LogP contribution in [-0.4, -0.2) is 74.5 Å². The minimum atomic E-state index is -0.245. The highest BCUT2D eigenvalue weighted by molar-refractivity contribution is 5.85. The van der Waals surface area contributed by atoms with Gasteiger partial charge in [0.25, 0.3) is 0 Å². The van der Waals surface area contributed by atoms with E-state index in [0.29, 0.717) is 50.4 Å². The van der Waals surface area contributed by atoms with Crippen LogP contribution in [-0.2, 0) is 19.1 Å². The second kappa shape index (κ2) is 13.3. The second-order valence-electron chi connectivity index (χ2n) is 11.7. The smallest absolute Gasteiger partial charge is 0.232 e. The van der Waals surface area contributed by atoms with E-state index in [0.717, 1.165) is 25.7 Å². The van der Waals surface area contributed by atoms with Crippen LogP contribution in [0.25, 0.3) is 0 Å².